The number of nitrogens with one attached hydrogen (secondary N) is 1. The molecule has 1 N–H and O–H groups in total. The second-order valence-corrected chi connectivity index (χ2v) is 9.03. The highest BCUT2D eigenvalue weighted by Crippen LogP contribution is 2.42. The number of imidazole rings is 1. The molecule has 9 heteroatoms. The number of aromatic nitrogens is 5. The van der Waals surface area contributed by atoms with Gasteiger partial charge in [-0.25, -0.2) is 14.4 Å². The van der Waals surface area contributed by atoms with Gasteiger partial charge in [-0.05, 0) is 68.5 Å². The number of piperidine rings is 1. The molecule has 32 heavy (non-hydrogen) atoms. The van der Waals surface area contributed by atoms with Crippen LogP contribution in [0.25, 0.3) is 22.1 Å². The minimum absolute atomic E-state index is 0.0881. The SMILES string of the molecule is CC(c1nc2nc(Cl)ncc2[nH]1)N1C2CCC1CC(Oc1ccnc3ccc(F)cc13)C2. The molecule has 2 saturated heterocycles. The fourth-order valence-corrected chi connectivity index (χ4v) is 5.54. The number of H-pyrrole nitrogens is 1. The van der Waals surface area contributed by atoms with Gasteiger partial charge in [0.05, 0.1) is 17.8 Å². The van der Waals surface area contributed by atoms with E-state index in [4.69, 9.17) is 16.3 Å². The van der Waals surface area contributed by atoms with E-state index in [1.165, 1.54) is 12.1 Å². The van der Waals surface area contributed by atoms with E-state index in [0.717, 1.165) is 47.9 Å². The summed E-state index contributed by atoms with van der Waals surface area (Å²) < 4.78 is 20.2. The van der Waals surface area contributed by atoms with E-state index in [9.17, 15) is 4.39 Å². The fourth-order valence-electron chi connectivity index (χ4n) is 5.41. The van der Waals surface area contributed by atoms with Crippen molar-refractivity contribution in [1.82, 2.24) is 29.8 Å². The zero-order chi connectivity index (χ0) is 21.8. The molecular weight excluding hydrogens is 431 g/mol. The maximum atomic E-state index is 13.8. The average molecular weight is 453 g/mol. The first-order chi connectivity index (χ1) is 15.5. The smallest absolute Gasteiger partial charge is 0.224 e. The predicted molar refractivity (Wildman–Crippen MR) is 119 cm³/mol. The predicted octanol–water partition coefficient (Wildman–Crippen LogP) is 4.83. The number of hydrogen-bond acceptors (Lipinski definition) is 6. The highest BCUT2D eigenvalue weighted by molar-refractivity contribution is 6.28. The maximum Gasteiger partial charge on any atom is 0.224 e. The third-order valence-electron chi connectivity index (χ3n) is 6.77. The lowest BCUT2D eigenvalue weighted by Gasteiger charge is -2.41. The van der Waals surface area contributed by atoms with Crippen molar-refractivity contribution in [2.45, 2.75) is 56.8 Å². The van der Waals surface area contributed by atoms with Crippen LogP contribution in [0.4, 0.5) is 4.39 Å². The van der Waals surface area contributed by atoms with Gasteiger partial charge in [-0.1, -0.05) is 0 Å². The Hall–Kier alpha value is -2.84. The summed E-state index contributed by atoms with van der Waals surface area (Å²) in [7, 11) is 0. The monoisotopic (exact) mass is 452 g/mol. The normalized spacial score (nSPS) is 24.3. The number of aromatic amines is 1. The lowest BCUT2D eigenvalue weighted by molar-refractivity contribution is 0.0241. The van der Waals surface area contributed by atoms with E-state index < -0.39 is 0 Å². The van der Waals surface area contributed by atoms with Crippen LogP contribution < -0.4 is 4.74 Å². The lowest BCUT2D eigenvalue weighted by atomic mass is 9.97. The van der Waals surface area contributed by atoms with Gasteiger partial charge >= 0.3 is 0 Å². The van der Waals surface area contributed by atoms with E-state index in [1.807, 2.05) is 6.07 Å². The summed E-state index contributed by atoms with van der Waals surface area (Å²) in [5, 5.41) is 0.919. The number of rotatable bonds is 4. The minimum atomic E-state index is -0.282. The van der Waals surface area contributed by atoms with E-state index in [-0.39, 0.29) is 23.2 Å². The van der Waals surface area contributed by atoms with Crippen LogP contribution in [0.2, 0.25) is 5.28 Å². The molecule has 3 atom stereocenters. The molecule has 0 spiro atoms. The Bertz CT molecular complexity index is 1300. The van der Waals surface area contributed by atoms with Crippen molar-refractivity contribution in [3.63, 3.8) is 0 Å². The summed E-state index contributed by atoms with van der Waals surface area (Å²) >= 11 is 5.91. The topological polar surface area (TPSA) is 79.8 Å². The first-order valence-electron chi connectivity index (χ1n) is 10.9. The Balaban J connectivity index is 1.22. The van der Waals surface area contributed by atoms with Crippen LogP contribution >= 0.6 is 11.6 Å². The number of ether oxygens (including phenoxy) is 1. The maximum absolute atomic E-state index is 13.8. The van der Waals surface area contributed by atoms with E-state index in [1.54, 1.807) is 18.5 Å². The van der Waals surface area contributed by atoms with Gasteiger partial charge in [0.25, 0.3) is 0 Å². The molecule has 3 aromatic heterocycles. The molecule has 2 aliphatic heterocycles. The molecule has 0 radical (unpaired) electrons. The summed E-state index contributed by atoms with van der Waals surface area (Å²) in [4.78, 5) is 23.1. The Kier molecular flexibility index (Phi) is 4.73. The summed E-state index contributed by atoms with van der Waals surface area (Å²) in [6, 6.07) is 7.38. The average Bonchev–Trinajstić information content (AvgIpc) is 3.32. The molecule has 1 aromatic carbocycles. The molecule has 0 amide bonds. The van der Waals surface area contributed by atoms with Crippen molar-refractivity contribution < 1.29 is 9.13 Å². The van der Waals surface area contributed by atoms with Crippen LogP contribution in [0.1, 0.15) is 44.5 Å². The standard InChI is InChI=1S/C23H22ClFN6O/c1-12(21-28-19-11-27-23(24)30-22(19)29-21)31-14-3-4-15(31)10-16(9-14)32-20-6-7-26-18-5-2-13(25)8-17(18)20/h2,5-8,11-12,14-16H,3-4,9-10H2,1H3,(H,27,28,29,30). The Labute approximate surface area is 189 Å². The summed E-state index contributed by atoms with van der Waals surface area (Å²) in [6.07, 6.45) is 7.59. The van der Waals surface area contributed by atoms with Crippen LogP contribution in [0.15, 0.2) is 36.7 Å². The molecule has 2 fully saturated rings. The molecule has 0 saturated carbocycles. The van der Waals surface area contributed by atoms with Gasteiger partial charge in [0, 0.05) is 23.7 Å². The van der Waals surface area contributed by atoms with Crippen molar-refractivity contribution >= 4 is 33.7 Å². The second kappa shape index (κ2) is 7.64. The quantitative estimate of drug-likeness (QED) is 0.447. The molecule has 2 aliphatic rings. The third-order valence-corrected chi connectivity index (χ3v) is 6.96. The highest BCUT2D eigenvalue weighted by atomic mass is 35.5. The molecule has 6 rings (SSSR count). The number of pyridine rings is 1. The Morgan fingerprint density at radius 3 is 2.78 bits per heavy atom. The third kappa shape index (κ3) is 3.38. The fraction of sp³-hybridized carbons (Fsp3) is 0.391. The molecular formula is C23H22ClFN6O. The van der Waals surface area contributed by atoms with Gasteiger partial charge in [-0.2, -0.15) is 4.98 Å². The van der Waals surface area contributed by atoms with Gasteiger partial charge in [0.15, 0.2) is 5.65 Å². The molecule has 3 unspecified atom stereocenters. The van der Waals surface area contributed by atoms with Crippen molar-refractivity contribution in [1.29, 1.82) is 0 Å². The van der Waals surface area contributed by atoms with Gasteiger partial charge in [0.2, 0.25) is 5.28 Å². The van der Waals surface area contributed by atoms with Crippen molar-refractivity contribution in [2.24, 2.45) is 0 Å². The second-order valence-electron chi connectivity index (χ2n) is 8.69. The van der Waals surface area contributed by atoms with Crippen LogP contribution in [0, 0.1) is 5.82 Å². The van der Waals surface area contributed by atoms with Crippen LogP contribution in [0.5, 0.6) is 5.75 Å². The van der Waals surface area contributed by atoms with Gasteiger partial charge in [-0.3, -0.25) is 9.88 Å². The largest absolute Gasteiger partial charge is 0.490 e. The number of benzene rings is 1. The highest BCUT2D eigenvalue weighted by Gasteiger charge is 2.44. The minimum Gasteiger partial charge on any atom is -0.490 e. The lowest BCUT2D eigenvalue weighted by Crippen LogP contribution is -2.47. The van der Waals surface area contributed by atoms with Crippen LogP contribution in [0.3, 0.4) is 0 Å². The van der Waals surface area contributed by atoms with Crippen LogP contribution in [-0.2, 0) is 0 Å². The van der Waals surface area contributed by atoms with E-state index in [2.05, 4.69) is 36.7 Å². The molecule has 2 bridgehead atoms. The summed E-state index contributed by atoms with van der Waals surface area (Å²) in [5.74, 6) is 1.30. The first-order valence-corrected chi connectivity index (χ1v) is 11.3. The molecule has 5 heterocycles. The zero-order valence-corrected chi connectivity index (χ0v) is 18.3. The molecule has 4 aromatic rings. The Morgan fingerprint density at radius 1 is 1.16 bits per heavy atom. The number of nitrogens with zero attached hydrogens (tertiary/aromatic N) is 5. The van der Waals surface area contributed by atoms with Crippen molar-refractivity contribution in [3.05, 3.63) is 53.6 Å². The zero-order valence-electron chi connectivity index (χ0n) is 17.5. The number of hydrogen-bond donors (Lipinski definition) is 1. The number of halogens is 2. The first kappa shape index (κ1) is 19.8. The molecule has 164 valence electrons. The van der Waals surface area contributed by atoms with E-state index >= 15 is 0 Å². The van der Waals surface area contributed by atoms with Crippen LogP contribution in [-0.4, -0.2) is 48.0 Å². The van der Waals surface area contributed by atoms with Crippen molar-refractivity contribution in [2.75, 3.05) is 0 Å². The van der Waals surface area contributed by atoms with Gasteiger partial charge in [0.1, 0.15) is 29.0 Å². The summed E-state index contributed by atoms with van der Waals surface area (Å²) in [5.41, 5.74) is 2.12. The summed E-state index contributed by atoms with van der Waals surface area (Å²) in [6.45, 7) is 2.18. The Morgan fingerprint density at radius 2 is 1.97 bits per heavy atom. The van der Waals surface area contributed by atoms with Gasteiger partial charge in [-0.15, -0.1) is 0 Å². The van der Waals surface area contributed by atoms with E-state index in [0.29, 0.717) is 23.5 Å². The van der Waals surface area contributed by atoms with Gasteiger partial charge < -0.3 is 9.72 Å². The molecule has 7 nitrogen and oxygen atoms in total. The molecule has 0 aliphatic carbocycles. The van der Waals surface area contributed by atoms with Crippen molar-refractivity contribution in [3.8, 4) is 5.75 Å². The number of fused-ring (bicyclic) bond motifs is 4.